The summed E-state index contributed by atoms with van der Waals surface area (Å²) in [6.07, 6.45) is 1.86. The van der Waals surface area contributed by atoms with Crippen molar-refractivity contribution >= 4 is 45.0 Å². The van der Waals surface area contributed by atoms with Crippen LogP contribution in [0.25, 0.3) is 26.1 Å². The fourth-order valence-corrected chi connectivity index (χ4v) is 4.89. The number of nitrogens with zero attached hydrogens (tertiary/aromatic N) is 2. The molecule has 0 radical (unpaired) electrons. The van der Waals surface area contributed by atoms with E-state index in [4.69, 9.17) is 11.3 Å². The van der Waals surface area contributed by atoms with Crippen molar-refractivity contribution in [3.63, 3.8) is 0 Å². The molecule has 0 unspecified atom stereocenters. The molecule has 0 saturated carbocycles. The van der Waals surface area contributed by atoms with Gasteiger partial charge >= 0.3 is 5.97 Å². The van der Waals surface area contributed by atoms with E-state index in [-0.39, 0.29) is 5.97 Å². The van der Waals surface area contributed by atoms with Gasteiger partial charge in [-0.2, -0.15) is 4.37 Å². The first-order valence-corrected chi connectivity index (χ1v) is 10.2. The molecule has 0 amide bonds. The van der Waals surface area contributed by atoms with Crippen molar-refractivity contribution in [1.29, 1.82) is 0 Å². The van der Waals surface area contributed by atoms with Gasteiger partial charge in [0.25, 0.3) is 0 Å². The first-order chi connectivity index (χ1) is 12.9. The monoisotopic (exact) mass is 396 g/mol. The van der Waals surface area contributed by atoms with E-state index in [2.05, 4.69) is 9.22 Å². The summed E-state index contributed by atoms with van der Waals surface area (Å²) in [6.45, 7) is 15.2. The van der Waals surface area contributed by atoms with Gasteiger partial charge in [0, 0.05) is 22.0 Å². The second kappa shape index (κ2) is 7.71. The number of aromatic nitrogens is 1. The van der Waals surface area contributed by atoms with Crippen molar-refractivity contribution in [2.75, 3.05) is 6.61 Å². The molecule has 0 aliphatic rings. The highest BCUT2D eigenvalue weighted by atomic mass is 32.2. The van der Waals surface area contributed by atoms with E-state index in [9.17, 15) is 4.79 Å². The van der Waals surface area contributed by atoms with Crippen molar-refractivity contribution in [2.45, 2.75) is 37.3 Å². The minimum Gasteiger partial charge on any atom is -0.465 e. The molecular formula is C21H20N2O2S2. The van der Waals surface area contributed by atoms with Gasteiger partial charge in [0.15, 0.2) is 5.69 Å². The third kappa shape index (κ3) is 3.85. The summed E-state index contributed by atoms with van der Waals surface area (Å²) >= 11 is 2.94. The van der Waals surface area contributed by atoms with E-state index in [0.29, 0.717) is 12.3 Å². The Morgan fingerprint density at radius 2 is 2.11 bits per heavy atom. The molecule has 0 spiro atoms. The number of fused-ring (bicyclic) bond motifs is 1. The van der Waals surface area contributed by atoms with Crippen LogP contribution < -0.4 is 0 Å². The number of hydrogen-bond acceptors (Lipinski definition) is 5. The van der Waals surface area contributed by atoms with Crippen molar-refractivity contribution in [3.05, 3.63) is 53.5 Å². The number of benzene rings is 2. The van der Waals surface area contributed by atoms with Crippen molar-refractivity contribution in [2.24, 2.45) is 0 Å². The molecule has 27 heavy (non-hydrogen) atoms. The van der Waals surface area contributed by atoms with Gasteiger partial charge < -0.3 is 4.74 Å². The number of thioether (sulfide) groups is 1. The van der Waals surface area contributed by atoms with Gasteiger partial charge in [-0.3, -0.25) is 4.79 Å². The lowest BCUT2D eigenvalue weighted by Crippen LogP contribution is -2.30. The van der Waals surface area contributed by atoms with Gasteiger partial charge in [-0.15, -0.1) is 11.8 Å². The summed E-state index contributed by atoms with van der Waals surface area (Å²) in [5.41, 5.74) is 3.76. The molecule has 0 fully saturated rings. The second-order valence-electron chi connectivity index (χ2n) is 6.63. The quantitative estimate of drug-likeness (QED) is 0.290. The first kappa shape index (κ1) is 19.4. The molecule has 0 saturated heterocycles. The van der Waals surface area contributed by atoms with E-state index in [1.165, 1.54) is 23.3 Å². The molecule has 0 bridgehead atoms. The summed E-state index contributed by atoms with van der Waals surface area (Å²) in [5.74, 6) is -0.231. The highest BCUT2D eigenvalue weighted by Gasteiger charge is 2.32. The minimum absolute atomic E-state index is 0.231. The Morgan fingerprint density at radius 3 is 2.78 bits per heavy atom. The largest absolute Gasteiger partial charge is 0.465 e. The first-order valence-electron chi connectivity index (χ1n) is 8.59. The van der Waals surface area contributed by atoms with Gasteiger partial charge in [0.1, 0.15) is 4.75 Å². The Kier molecular flexibility index (Phi) is 5.54. The van der Waals surface area contributed by atoms with Crippen LogP contribution in [0, 0.1) is 13.5 Å². The third-order valence-electron chi connectivity index (χ3n) is 4.23. The Hall–Kier alpha value is -2.36. The molecule has 0 atom stereocenters. The Balaban J connectivity index is 2.16. The summed E-state index contributed by atoms with van der Waals surface area (Å²) < 4.78 is 9.96. The standard InChI is InChI=1S/C21H20N2O2S2/c1-6-25-20(24)21(3,4)26-17-10-7-14-12-23-27-19(14)18(17)16-9-8-15(22-5)11-13(16)2/h7-12H,6H2,1-4H3. The van der Waals surface area contributed by atoms with Gasteiger partial charge in [-0.05, 0) is 50.9 Å². The Labute approximate surface area is 167 Å². The van der Waals surface area contributed by atoms with Crippen LogP contribution in [0.1, 0.15) is 26.3 Å². The third-order valence-corrected chi connectivity index (χ3v) is 6.30. The zero-order valence-corrected chi connectivity index (χ0v) is 17.3. The molecule has 1 aromatic heterocycles. The predicted molar refractivity (Wildman–Crippen MR) is 113 cm³/mol. The zero-order valence-electron chi connectivity index (χ0n) is 15.7. The lowest BCUT2D eigenvalue weighted by molar-refractivity contribution is -0.145. The molecule has 6 heteroatoms. The lowest BCUT2D eigenvalue weighted by Gasteiger charge is -2.23. The number of esters is 1. The zero-order chi connectivity index (χ0) is 19.6. The molecule has 4 nitrogen and oxygen atoms in total. The molecule has 0 N–H and O–H groups in total. The number of ether oxygens (including phenoxy) is 1. The summed E-state index contributed by atoms with van der Waals surface area (Å²) in [4.78, 5) is 16.9. The average Bonchev–Trinajstić information content (AvgIpc) is 3.10. The van der Waals surface area contributed by atoms with Gasteiger partial charge in [0.2, 0.25) is 0 Å². The topological polar surface area (TPSA) is 43.5 Å². The van der Waals surface area contributed by atoms with Crippen LogP contribution in [0.3, 0.4) is 0 Å². The van der Waals surface area contributed by atoms with Gasteiger partial charge in [-0.1, -0.05) is 29.8 Å². The smallest absolute Gasteiger partial charge is 0.321 e. The Morgan fingerprint density at radius 1 is 1.33 bits per heavy atom. The van der Waals surface area contributed by atoms with Crippen LogP contribution in [0.5, 0.6) is 0 Å². The van der Waals surface area contributed by atoms with Crippen LogP contribution in [-0.4, -0.2) is 21.7 Å². The van der Waals surface area contributed by atoms with Crippen molar-refractivity contribution < 1.29 is 9.53 Å². The van der Waals surface area contributed by atoms with Crippen molar-refractivity contribution in [3.8, 4) is 11.1 Å². The number of hydrogen-bond donors (Lipinski definition) is 0. The normalized spacial score (nSPS) is 11.4. The number of carbonyl (C=O) groups excluding carboxylic acids is 1. The predicted octanol–water partition coefficient (Wildman–Crippen LogP) is 6.26. The maximum Gasteiger partial charge on any atom is 0.321 e. The highest BCUT2D eigenvalue weighted by Crippen LogP contribution is 2.45. The Bertz CT molecular complexity index is 1050. The van der Waals surface area contributed by atoms with E-state index in [1.54, 1.807) is 0 Å². The molecule has 3 rings (SSSR count). The number of carbonyl (C=O) groups is 1. The SMILES string of the molecule is [C-]#[N+]c1ccc(-c2c(SC(C)(C)C(=O)OCC)ccc3cnsc23)c(C)c1. The average molecular weight is 397 g/mol. The van der Waals surface area contributed by atoms with Crippen molar-refractivity contribution in [1.82, 2.24) is 4.37 Å². The minimum atomic E-state index is -0.715. The number of aryl methyl sites for hydroxylation is 1. The highest BCUT2D eigenvalue weighted by molar-refractivity contribution is 8.01. The van der Waals surface area contributed by atoms with E-state index >= 15 is 0 Å². The molecule has 138 valence electrons. The van der Waals surface area contributed by atoms with E-state index in [1.807, 2.05) is 64.2 Å². The fourth-order valence-electron chi connectivity index (χ4n) is 2.88. The lowest BCUT2D eigenvalue weighted by atomic mass is 9.99. The van der Waals surface area contributed by atoms with Crippen LogP contribution in [0.2, 0.25) is 0 Å². The van der Waals surface area contributed by atoms with Crippen LogP contribution >= 0.6 is 23.3 Å². The molecule has 3 aromatic rings. The molecule has 0 aliphatic carbocycles. The van der Waals surface area contributed by atoms with E-state index in [0.717, 1.165) is 31.7 Å². The van der Waals surface area contributed by atoms with Gasteiger partial charge in [0.05, 0.1) is 17.9 Å². The van der Waals surface area contributed by atoms with Crippen LogP contribution in [0.4, 0.5) is 5.69 Å². The maximum absolute atomic E-state index is 12.4. The fraction of sp³-hybridized carbons (Fsp3) is 0.286. The molecule has 0 aliphatic heterocycles. The van der Waals surface area contributed by atoms with Gasteiger partial charge in [-0.25, -0.2) is 4.85 Å². The van der Waals surface area contributed by atoms with Crippen LogP contribution in [0.15, 0.2) is 41.4 Å². The van der Waals surface area contributed by atoms with E-state index < -0.39 is 4.75 Å². The molecular weight excluding hydrogens is 376 g/mol. The number of rotatable bonds is 5. The second-order valence-corrected chi connectivity index (χ2v) is 9.09. The summed E-state index contributed by atoms with van der Waals surface area (Å²) in [6, 6.07) is 9.79. The maximum atomic E-state index is 12.4. The molecule has 2 aromatic carbocycles. The summed E-state index contributed by atoms with van der Waals surface area (Å²) in [5, 5.41) is 1.07. The van der Waals surface area contributed by atoms with Crippen LogP contribution in [-0.2, 0) is 9.53 Å². The molecule has 1 heterocycles. The summed E-state index contributed by atoms with van der Waals surface area (Å²) in [7, 11) is 0.